The van der Waals surface area contributed by atoms with Crippen LogP contribution in [0.2, 0.25) is 0 Å². The Balaban J connectivity index is 1.18. The van der Waals surface area contributed by atoms with E-state index in [4.69, 9.17) is 0 Å². The lowest BCUT2D eigenvalue weighted by Crippen LogP contribution is -2.39. The monoisotopic (exact) mass is 443 g/mol. The zero-order valence-electron chi connectivity index (χ0n) is 19.3. The minimum absolute atomic E-state index is 0.0823. The highest BCUT2D eigenvalue weighted by molar-refractivity contribution is 5.85. The Kier molecular flexibility index (Phi) is 6.55. The van der Waals surface area contributed by atoms with Crippen molar-refractivity contribution in [1.29, 1.82) is 0 Å². The number of hydrogen-bond donors (Lipinski definition) is 2. The predicted octanol–water partition coefficient (Wildman–Crippen LogP) is 4.91. The van der Waals surface area contributed by atoms with Crippen molar-refractivity contribution in [2.75, 3.05) is 13.7 Å². The van der Waals surface area contributed by atoms with Crippen molar-refractivity contribution in [3.63, 3.8) is 0 Å². The third-order valence-electron chi connectivity index (χ3n) is 7.53. The first-order valence-corrected chi connectivity index (χ1v) is 12.1. The van der Waals surface area contributed by atoms with Crippen molar-refractivity contribution < 1.29 is 5.11 Å². The summed E-state index contributed by atoms with van der Waals surface area (Å²) in [6.07, 6.45) is 12.9. The Morgan fingerprint density at radius 1 is 1.06 bits per heavy atom. The van der Waals surface area contributed by atoms with E-state index >= 15 is 0 Å². The van der Waals surface area contributed by atoms with Crippen LogP contribution in [0.4, 0.5) is 0 Å². The molecule has 6 heteroatoms. The number of aromatic nitrogens is 4. The Morgan fingerprint density at radius 3 is 2.55 bits per heavy atom. The van der Waals surface area contributed by atoms with Crippen LogP contribution in [0.15, 0.2) is 67.4 Å². The molecule has 0 amide bonds. The van der Waals surface area contributed by atoms with Crippen LogP contribution in [-0.4, -0.2) is 49.5 Å². The van der Waals surface area contributed by atoms with Gasteiger partial charge in [0.1, 0.15) is 12.7 Å². The van der Waals surface area contributed by atoms with Gasteiger partial charge in [-0.05, 0) is 80.8 Å². The molecule has 1 aliphatic rings. The maximum atomic E-state index is 10.0. The summed E-state index contributed by atoms with van der Waals surface area (Å²) >= 11 is 0. The zero-order chi connectivity index (χ0) is 22.6. The van der Waals surface area contributed by atoms with E-state index in [1.807, 2.05) is 10.6 Å². The molecule has 1 saturated carbocycles. The normalized spacial score (nSPS) is 19.8. The Bertz CT molecular complexity index is 1150. The summed E-state index contributed by atoms with van der Waals surface area (Å²) in [6.45, 7) is 0.165. The highest BCUT2D eigenvalue weighted by Crippen LogP contribution is 2.34. The molecule has 1 aliphatic carbocycles. The van der Waals surface area contributed by atoms with E-state index in [1.165, 1.54) is 54.1 Å². The summed E-state index contributed by atoms with van der Waals surface area (Å²) < 4.78 is 1.95. The first-order valence-electron chi connectivity index (χ1n) is 12.1. The molecular formula is C27H33N5O. The molecule has 0 aliphatic heterocycles. The van der Waals surface area contributed by atoms with Crippen LogP contribution >= 0.6 is 0 Å². The maximum absolute atomic E-state index is 10.0. The second-order valence-electron chi connectivity index (χ2n) is 9.40. The van der Waals surface area contributed by atoms with Crippen molar-refractivity contribution in [3.8, 4) is 5.69 Å². The molecule has 2 aromatic heterocycles. The summed E-state index contributed by atoms with van der Waals surface area (Å²) in [5, 5.41) is 19.2. The van der Waals surface area contributed by atoms with Gasteiger partial charge < -0.3 is 10.1 Å². The lowest BCUT2D eigenvalue weighted by atomic mass is 9.81. The zero-order valence-corrected chi connectivity index (χ0v) is 19.3. The van der Waals surface area contributed by atoms with Crippen molar-refractivity contribution in [2.45, 2.75) is 50.6 Å². The molecule has 33 heavy (non-hydrogen) atoms. The number of hydrogen-bond acceptors (Lipinski definition) is 4. The van der Waals surface area contributed by atoms with Gasteiger partial charge in [0.05, 0.1) is 12.6 Å². The smallest absolute Gasteiger partial charge is 0.123 e. The van der Waals surface area contributed by atoms with Gasteiger partial charge in [-0.25, -0.2) is 0 Å². The molecular weight excluding hydrogens is 410 g/mol. The SMILES string of the molecule is CN(C1CCC(CCc2c[nH]c3ccc(-n4cnnc4)cc23)CC1)C(CO)c1ccccc1. The minimum atomic E-state index is 0.0823. The fraction of sp³-hybridized carbons (Fsp3) is 0.407. The van der Waals surface area contributed by atoms with Crippen molar-refractivity contribution in [1.82, 2.24) is 24.6 Å². The average molecular weight is 444 g/mol. The summed E-state index contributed by atoms with van der Waals surface area (Å²) in [6, 6.07) is 17.5. The number of aliphatic hydroxyl groups is 1. The minimum Gasteiger partial charge on any atom is -0.394 e. The third kappa shape index (κ3) is 4.72. The van der Waals surface area contributed by atoms with Crippen LogP contribution < -0.4 is 0 Å². The number of aliphatic hydroxyl groups excluding tert-OH is 1. The molecule has 1 unspecified atom stereocenters. The van der Waals surface area contributed by atoms with Gasteiger partial charge in [0.2, 0.25) is 0 Å². The highest BCUT2D eigenvalue weighted by atomic mass is 16.3. The lowest BCUT2D eigenvalue weighted by Gasteiger charge is -2.39. The van der Waals surface area contributed by atoms with E-state index in [0.717, 1.165) is 18.0 Å². The number of fused-ring (bicyclic) bond motifs is 1. The lowest BCUT2D eigenvalue weighted by molar-refractivity contribution is 0.0788. The number of likely N-dealkylation sites (N-methyl/N-ethyl adjacent to an activating group) is 1. The van der Waals surface area contributed by atoms with Gasteiger partial charge in [0, 0.05) is 28.8 Å². The molecule has 0 spiro atoms. The van der Waals surface area contributed by atoms with E-state index in [1.54, 1.807) is 12.7 Å². The molecule has 0 saturated heterocycles. The molecule has 1 atom stereocenters. The van der Waals surface area contributed by atoms with E-state index in [2.05, 4.69) is 75.8 Å². The predicted molar refractivity (Wildman–Crippen MR) is 131 cm³/mol. The summed E-state index contributed by atoms with van der Waals surface area (Å²) in [4.78, 5) is 5.83. The second kappa shape index (κ2) is 9.89. The Hall–Kier alpha value is -2.96. The average Bonchev–Trinajstić information content (AvgIpc) is 3.54. The molecule has 2 aromatic carbocycles. The van der Waals surface area contributed by atoms with Gasteiger partial charge in [0.15, 0.2) is 0 Å². The van der Waals surface area contributed by atoms with Crippen molar-refractivity contribution in [2.24, 2.45) is 5.92 Å². The molecule has 0 bridgehead atoms. The topological polar surface area (TPSA) is 70.0 Å². The van der Waals surface area contributed by atoms with Crippen LogP contribution in [0.3, 0.4) is 0 Å². The second-order valence-corrected chi connectivity index (χ2v) is 9.40. The highest BCUT2D eigenvalue weighted by Gasteiger charge is 2.28. The van der Waals surface area contributed by atoms with Crippen LogP contribution in [0.25, 0.3) is 16.6 Å². The van der Waals surface area contributed by atoms with Crippen molar-refractivity contribution in [3.05, 3.63) is 78.5 Å². The number of aryl methyl sites for hydroxylation is 1. The van der Waals surface area contributed by atoms with E-state index in [9.17, 15) is 5.11 Å². The van der Waals surface area contributed by atoms with Crippen molar-refractivity contribution >= 4 is 10.9 Å². The number of rotatable bonds is 8. The quantitative estimate of drug-likeness (QED) is 0.406. The first kappa shape index (κ1) is 21.9. The molecule has 2 heterocycles. The summed E-state index contributed by atoms with van der Waals surface area (Å²) in [5.74, 6) is 0.768. The molecule has 1 fully saturated rings. The number of nitrogens with one attached hydrogen (secondary N) is 1. The standard InChI is InChI=1S/C27H33N5O/c1-31(27(17-33)21-5-3-2-4-6-21)23-11-8-20(9-12-23)7-10-22-16-28-26-14-13-24(15-25(22)26)32-18-29-30-19-32/h2-6,13-16,18-20,23,27-28,33H,7-12,17H2,1H3. The van der Waals surface area contributed by atoms with Crippen LogP contribution in [-0.2, 0) is 6.42 Å². The van der Waals surface area contributed by atoms with Gasteiger partial charge in [0.25, 0.3) is 0 Å². The van der Waals surface area contributed by atoms with Crippen LogP contribution in [0.5, 0.6) is 0 Å². The third-order valence-corrected chi connectivity index (χ3v) is 7.53. The van der Waals surface area contributed by atoms with Crippen LogP contribution in [0, 0.1) is 5.92 Å². The van der Waals surface area contributed by atoms with Gasteiger partial charge in [-0.2, -0.15) is 0 Å². The summed E-state index contributed by atoms with van der Waals surface area (Å²) in [5.41, 5.74) is 4.87. The number of nitrogens with zero attached hydrogens (tertiary/aromatic N) is 4. The Morgan fingerprint density at radius 2 is 1.82 bits per heavy atom. The summed E-state index contributed by atoms with van der Waals surface area (Å²) in [7, 11) is 2.18. The molecule has 5 rings (SSSR count). The molecule has 0 radical (unpaired) electrons. The van der Waals surface area contributed by atoms with Crippen LogP contribution in [0.1, 0.15) is 49.3 Å². The molecule has 2 N–H and O–H groups in total. The first-order chi connectivity index (χ1) is 16.2. The van der Waals surface area contributed by atoms with E-state index < -0.39 is 0 Å². The molecule has 172 valence electrons. The fourth-order valence-electron chi connectivity index (χ4n) is 5.47. The van der Waals surface area contributed by atoms with Gasteiger partial charge in [-0.3, -0.25) is 9.47 Å². The Labute approximate surface area is 195 Å². The largest absolute Gasteiger partial charge is 0.394 e. The van der Waals surface area contributed by atoms with Gasteiger partial charge in [-0.15, -0.1) is 10.2 Å². The van der Waals surface area contributed by atoms with Gasteiger partial charge >= 0.3 is 0 Å². The molecule has 6 nitrogen and oxygen atoms in total. The maximum Gasteiger partial charge on any atom is 0.123 e. The number of benzene rings is 2. The van der Waals surface area contributed by atoms with E-state index in [0.29, 0.717) is 6.04 Å². The van der Waals surface area contributed by atoms with E-state index in [-0.39, 0.29) is 12.6 Å². The molecule has 4 aromatic rings. The van der Waals surface area contributed by atoms with Gasteiger partial charge in [-0.1, -0.05) is 30.3 Å². The number of H-pyrrole nitrogens is 1. The fourth-order valence-corrected chi connectivity index (χ4v) is 5.47. The number of aromatic amines is 1.